The molecule has 7 heteroatoms. The molecule has 128 valence electrons. The van der Waals surface area contributed by atoms with E-state index >= 15 is 0 Å². The molecule has 0 aliphatic heterocycles. The second-order valence-electron chi connectivity index (χ2n) is 5.38. The fraction of sp³-hybridized carbons (Fsp3) is 0.167. The highest BCUT2D eigenvalue weighted by molar-refractivity contribution is 5.80. The summed E-state index contributed by atoms with van der Waals surface area (Å²) in [6.07, 6.45) is 3.22. The van der Waals surface area contributed by atoms with Crippen molar-refractivity contribution in [3.8, 4) is 5.75 Å². The zero-order chi connectivity index (χ0) is 17.6. The van der Waals surface area contributed by atoms with Crippen LogP contribution in [-0.4, -0.2) is 21.6 Å². The number of nitrogens with zero attached hydrogens (tertiary/aromatic N) is 3. The molecule has 0 spiro atoms. The van der Waals surface area contributed by atoms with Crippen molar-refractivity contribution in [3.63, 3.8) is 0 Å². The normalized spacial score (nSPS) is 10.3. The molecular weight excluding hydrogens is 316 g/mol. The highest BCUT2D eigenvalue weighted by atomic mass is 16.5. The Balaban J connectivity index is 1.85. The zero-order valence-corrected chi connectivity index (χ0v) is 14.2. The number of para-hydroxylation sites is 2. The van der Waals surface area contributed by atoms with E-state index in [1.54, 1.807) is 6.20 Å². The SMILES string of the molecule is CCOc1ccccc1Nc1ncnc(Nc2ccc(C)cn2)c1N. The van der Waals surface area contributed by atoms with Gasteiger partial charge in [-0.15, -0.1) is 0 Å². The second kappa shape index (κ2) is 7.48. The monoisotopic (exact) mass is 336 g/mol. The molecule has 0 unspecified atom stereocenters. The van der Waals surface area contributed by atoms with Crippen LogP contribution in [0.5, 0.6) is 5.75 Å². The van der Waals surface area contributed by atoms with E-state index in [2.05, 4.69) is 25.6 Å². The Morgan fingerprint density at radius 2 is 1.76 bits per heavy atom. The lowest BCUT2D eigenvalue weighted by Gasteiger charge is -2.14. The van der Waals surface area contributed by atoms with Crippen LogP contribution in [-0.2, 0) is 0 Å². The molecule has 0 amide bonds. The lowest BCUT2D eigenvalue weighted by molar-refractivity contribution is 0.342. The summed E-state index contributed by atoms with van der Waals surface area (Å²) in [5.74, 6) is 2.38. The third kappa shape index (κ3) is 3.95. The molecule has 0 aliphatic carbocycles. The predicted octanol–water partition coefficient (Wildman–Crippen LogP) is 3.65. The molecule has 2 heterocycles. The first kappa shape index (κ1) is 16.5. The molecule has 0 fully saturated rings. The van der Waals surface area contributed by atoms with Crippen molar-refractivity contribution < 1.29 is 4.74 Å². The Bertz CT molecular complexity index is 850. The van der Waals surface area contributed by atoms with E-state index in [0.717, 1.165) is 17.0 Å². The number of aromatic nitrogens is 3. The van der Waals surface area contributed by atoms with Crippen LogP contribution in [0.2, 0.25) is 0 Å². The molecule has 0 bridgehead atoms. The van der Waals surface area contributed by atoms with Crippen molar-refractivity contribution in [1.29, 1.82) is 0 Å². The maximum Gasteiger partial charge on any atom is 0.160 e. The van der Waals surface area contributed by atoms with Crippen LogP contribution in [0.1, 0.15) is 12.5 Å². The molecule has 4 N–H and O–H groups in total. The van der Waals surface area contributed by atoms with Gasteiger partial charge in [-0.3, -0.25) is 0 Å². The number of benzene rings is 1. The van der Waals surface area contributed by atoms with Crippen molar-refractivity contribution in [1.82, 2.24) is 15.0 Å². The first-order valence-corrected chi connectivity index (χ1v) is 7.96. The molecule has 2 aromatic heterocycles. The van der Waals surface area contributed by atoms with Crippen LogP contribution in [0, 0.1) is 6.92 Å². The number of nitrogen functional groups attached to an aromatic ring is 1. The first-order chi connectivity index (χ1) is 12.2. The maximum atomic E-state index is 6.21. The van der Waals surface area contributed by atoms with Gasteiger partial charge in [-0.05, 0) is 37.6 Å². The van der Waals surface area contributed by atoms with Crippen molar-refractivity contribution in [3.05, 3.63) is 54.5 Å². The standard InChI is InChI=1S/C18H20N6O/c1-3-25-14-7-5-4-6-13(14)23-17-16(19)18(22-11-21-17)24-15-9-8-12(2)10-20-15/h4-11H,3,19H2,1-2H3,(H2,20,21,22,23,24). The smallest absolute Gasteiger partial charge is 0.160 e. The fourth-order valence-electron chi connectivity index (χ4n) is 2.24. The van der Waals surface area contributed by atoms with Crippen molar-refractivity contribution >= 4 is 28.8 Å². The van der Waals surface area contributed by atoms with Gasteiger partial charge in [0.1, 0.15) is 23.6 Å². The largest absolute Gasteiger partial charge is 0.492 e. The number of hydrogen-bond donors (Lipinski definition) is 3. The molecule has 25 heavy (non-hydrogen) atoms. The van der Waals surface area contributed by atoms with E-state index in [1.807, 2.05) is 50.2 Å². The molecule has 0 aliphatic rings. The van der Waals surface area contributed by atoms with Crippen LogP contribution < -0.4 is 21.1 Å². The summed E-state index contributed by atoms with van der Waals surface area (Å²) in [4.78, 5) is 12.7. The zero-order valence-electron chi connectivity index (χ0n) is 14.2. The maximum absolute atomic E-state index is 6.21. The average Bonchev–Trinajstić information content (AvgIpc) is 2.62. The highest BCUT2D eigenvalue weighted by Gasteiger charge is 2.11. The van der Waals surface area contributed by atoms with Crippen molar-refractivity contribution in [2.24, 2.45) is 0 Å². The predicted molar refractivity (Wildman–Crippen MR) is 99.6 cm³/mol. The van der Waals surface area contributed by atoms with Gasteiger partial charge in [0.15, 0.2) is 11.6 Å². The van der Waals surface area contributed by atoms with Gasteiger partial charge in [-0.1, -0.05) is 18.2 Å². The van der Waals surface area contributed by atoms with Gasteiger partial charge in [0.25, 0.3) is 0 Å². The number of rotatable bonds is 6. The first-order valence-electron chi connectivity index (χ1n) is 7.96. The summed E-state index contributed by atoms with van der Waals surface area (Å²) < 4.78 is 5.61. The summed E-state index contributed by atoms with van der Waals surface area (Å²) in [5, 5.41) is 6.31. The van der Waals surface area contributed by atoms with E-state index in [4.69, 9.17) is 10.5 Å². The topological polar surface area (TPSA) is 98.0 Å². The number of hydrogen-bond acceptors (Lipinski definition) is 7. The van der Waals surface area contributed by atoms with E-state index in [0.29, 0.717) is 29.7 Å². The molecular formula is C18H20N6O. The van der Waals surface area contributed by atoms with E-state index < -0.39 is 0 Å². The minimum absolute atomic E-state index is 0.399. The Morgan fingerprint density at radius 3 is 2.48 bits per heavy atom. The third-order valence-corrected chi connectivity index (χ3v) is 3.48. The molecule has 3 rings (SSSR count). The number of ether oxygens (including phenoxy) is 1. The highest BCUT2D eigenvalue weighted by Crippen LogP contribution is 2.31. The minimum Gasteiger partial charge on any atom is -0.492 e. The number of nitrogens with one attached hydrogen (secondary N) is 2. The molecule has 0 saturated carbocycles. The lowest BCUT2D eigenvalue weighted by Crippen LogP contribution is -2.06. The molecule has 7 nitrogen and oxygen atoms in total. The van der Waals surface area contributed by atoms with E-state index in [9.17, 15) is 0 Å². The number of pyridine rings is 1. The van der Waals surface area contributed by atoms with E-state index in [-0.39, 0.29) is 0 Å². The van der Waals surface area contributed by atoms with E-state index in [1.165, 1.54) is 6.33 Å². The lowest BCUT2D eigenvalue weighted by atomic mass is 10.3. The molecule has 1 aromatic carbocycles. The van der Waals surface area contributed by atoms with Crippen LogP contribution >= 0.6 is 0 Å². The summed E-state index contributed by atoms with van der Waals surface area (Å²) >= 11 is 0. The number of nitrogens with two attached hydrogens (primary N) is 1. The Kier molecular flexibility index (Phi) is 4.94. The molecule has 0 saturated heterocycles. The van der Waals surface area contributed by atoms with Crippen LogP contribution in [0.4, 0.5) is 28.8 Å². The van der Waals surface area contributed by atoms with Crippen LogP contribution in [0.3, 0.4) is 0 Å². The van der Waals surface area contributed by atoms with Gasteiger partial charge < -0.3 is 21.1 Å². The molecule has 3 aromatic rings. The van der Waals surface area contributed by atoms with Gasteiger partial charge >= 0.3 is 0 Å². The van der Waals surface area contributed by atoms with Crippen molar-refractivity contribution in [2.45, 2.75) is 13.8 Å². The van der Waals surface area contributed by atoms with Gasteiger partial charge in [0, 0.05) is 6.20 Å². The quantitative estimate of drug-likeness (QED) is 0.632. The van der Waals surface area contributed by atoms with Gasteiger partial charge in [-0.2, -0.15) is 0 Å². The third-order valence-electron chi connectivity index (χ3n) is 3.48. The van der Waals surface area contributed by atoms with Gasteiger partial charge in [0.2, 0.25) is 0 Å². The summed E-state index contributed by atoms with van der Waals surface area (Å²) in [6.45, 7) is 4.49. The van der Waals surface area contributed by atoms with Gasteiger partial charge in [-0.25, -0.2) is 15.0 Å². The number of anilines is 5. The molecule has 0 radical (unpaired) electrons. The molecule has 0 atom stereocenters. The summed E-state index contributed by atoms with van der Waals surface area (Å²) in [6, 6.07) is 11.4. The van der Waals surface area contributed by atoms with Crippen LogP contribution in [0.25, 0.3) is 0 Å². The average molecular weight is 336 g/mol. The second-order valence-corrected chi connectivity index (χ2v) is 5.38. The Hall–Kier alpha value is -3.35. The Morgan fingerprint density at radius 1 is 1.00 bits per heavy atom. The van der Waals surface area contributed by atoms with Crippen molar-refractivity contribution in [2.75, 3.05) is 23.0 Å². The van der Waals surface area contributed by atoms with Gasteiger partial charge in [0.05, 0.1) is 12.3 Å². The Labute approximate surface area is 146 Å². The fourth-order valence-corrected chi connectivity index (χ4v) is 2.24. The van der Waals surface area contributed by atoms with Crippen LogP contribution in [0.15, 0.2) is 48.9 Å². The summed E-state index contributed by atoms with van der Waals surface area (Å²) in [5.41, 5.74) is 8.48. The summed E-state index contributed by atoms with van der Waals surface area (Å²) in [7, 11) is 0. The number of aryl methyl sites for hydroxylation is 1. The minimum atomic E-state index is 0.399.